The van der Waals surface area contributed by atoms with Crippen molar-refractivity contribution in [1.82, 2.24) is 4.90 Å². The van der Waals surface area contributed by atoms with Crippen LogP contribution in [0.1, 0.15) is 27.2 Å². The van der Waals surface area contributed by atoms with Crippen LogP contribution in [0.15, 0.2) is 0 Å². The third-order valence-electron chi connectivity index (χ3n) is 2.65. The molecule has 1 aliphatic rings. The van der Waals surface area contributed by atoms with E-state index < -0.39 is 24.1 Å². The number of nitrogens with zero attached hydrogens (tertiary/aromatic N) is 1. The second-order valence-corrected chi connectivity index (χ2v) is 3.72. The topological polar surface area (TPSA) is 72.9 Å². The second-order valence-electron chi connectivity index (χ2n) is 3.72. The first-order valence-electron chi connectivity index (χ1n) is 5.67. The van der Waals surface area contributed by atoms with E-state index in [1.165, 1.54) is 0 Å². The van der Waals surface area contributed by atoms with E-state index in [2.05, 4.69) is 0 Å². The molecule has 96 valence electrons. The van der Waals surface area contributed by atoms with Crippen LogP contribution < -0.4 is 0 Å². The van der Waals surface area contributed by atoms with Gasteiger partial charge in [-0.3, -0.25) is 9.69 Å². The lowest BCUT2D eigenvalue weighted by Gasteiger charge is -2.24. The number of carbonyl (C=O) groups is 3. The number of rotatable bonds is 3. The molecule has 2 atom stereocenters. The molecule has 1 heterocycles. The maximum Gasteiger partial charge on any atom is 0.411 e. The molecule has 6 heteroatoms. The molecule has 0 N–H and O–H groups in total. The summed E-state index contributed by atoms with van der Waals surface area (Å²) in [5.74, 6) is -0.714. The molecule has 0 radical (unpaired) electrons. The lowest BCUT2D eigenvalue weighted by atomic mass is 10.2. The van der Waals surface area contributed by atoms with Crippen LogP contribution in [-0.4, -0.2) is 48.0 Å². The number of amides is 1. The number of esters is 1. The lowest BCUT2D eigenvalue weighted by molar-refractivity contribution is -0.148. The third-order valence-corrected chi connectivity index (χ3v) is 2.65. The number of Topliss-reactive ketones (excluding diaryl/α,β-unsaturated/α-hetero) is 1. The summed E-state index contributed by atoms with van der Waals surface area (Å²) in [4.78, 5) is 36.0. The smallest absolute Gasteiger partial charge is 0.411 e. The van der Waals surface area contributed by atoms with E-state index in [0.717, 1.165) is 4.90 Å². The van der Waals surface area contributed by atoms with Gasteiger partial charge in [0.15, 0.2) is 5.78 Å². The van der Waals surface area contributed by atoms with Gasteiger partial charge in [0.25, 0.3) is 0 Å². The van der Waals surface area contributed by atoms with Crippen LogP contribution in [0.2, 0.25) is 0 Å². The van der Waals surface area contributed by atoms with Gasteiger partial charge < -0.3 is 9.47 Å². The van der Waals surface area contributed by atoms with Crippen molar-refractivity contribution in [3.8, 4) is 0 Å². The minimum Gasteiger partial charge on any atom is -0.464 e. The zero-order chi connectivity index (χ0) is 13.0. The van der Waals surface area contributed by atoms with E-state index in [1.54, 1.807) is 20.8 Å². The van der Waals surface area contributed by atoms with Crippen LogP contribution >= 0.6 is 0 Å². The van der Waals surface area contributed by atoms with Crippen LogP contribution in [0.25, 0.3) is 0 Å². The Bertz CT molecular complexity index is 328. The number of ether oxygens (including phenoxy) is 2. The predicted molar refractivity (Wildman–Crippen MR) is 58.4 cm³/mol. The van der Waals surface area contributed by atoms with Crippen molar-refractivity contribution < 1.29 is 23.9 Å². The molecular formula is C11H17NO5. The molecule has 0 aromatic heterocycles. The lowest BCUT2D eigenvalue weighted by Crippen LogP contribution is -2.45. The van der Waals surface area contributed by atoms with Gasteiger partial charge in [-0.2, -0.15) is 0 Å². The fraction of sp³-hybridized carbons (Fsp3) is 0.727. The van der Waals surface area contributed by atoms with E-state index in [-0.39, 0.29) is 25.4 Å². The van der Waals surface area contributed by atoms with Crippen LogP contribution in [0.3, 0.4) is 0 Å². The average molecular weight is 243 g/mol. The monoisotopic (exact) mass is 243 g/mol. The highest BCUT2D eigenvalue weighted by Crippen LogP contribution is 2.23. The van der Waals surface area contributed by atoms with Gasteiger partial charge in [0.1, 0.15) is 6.04 Å². The summed E-state index contributed by atoms with van der Waals surface area (Å²) in [6.07, 6.45) is -0.650. The first kappa shape index (κ1) is 13.5. The molecule has 0 aliphatic carbocycles. The van der Waals surface area contributed by atoms with Gasteiger partial charge in [0.2, 0.25) is 0 Å². The summed E-state index contributed by atoms with van der Waals surface area (Å²) >= 11 is 0. The first-order chi connectivity index (χ1) is 8.02. The fourth-order valence-electron chi connectivity index (χ4n) is 1.80. The van der Waals surface area contributed by atoms with Crippen molar-refractivity contribution in [3.63, 3.8) is 0 Å². The zero-order valence-corrected chi connectivity index (χ0v) is 10.3. The highest BCUT2D eigenvalue weighted by atomic mass is 16.6. The van der Waals surface area contributed by atoms with Crippen molar-refractivity contribution in [2.24, 2.45) is 0 Å². The Morgan fingerprint density at radius 2 is 1.88 bits per heavy atom. The number of hydrogen-bond acceptors (Lipinski definition) is 5. The molecule has 0 bridgehead atoms. The molecule has 1 amide bonds. The SMILES string of the molecule is CCOC(=O)[C@H]1CC(=O)[C@H](C)N1C(=O)OCC. The van der Waals surface area contributed by atoms with Gasteiger partial charge in [-0.05, 0) is 20.8 Å². The van der Waals surface area contributed by atoms with E-state index in [1.807, 2.05) is 0 Å². The normalized spacial score (nSPS) is 23.7. The summed E-state index contributed by atoms with van der Waals surface area (Å²) in [7, 11) is 0. The van der Waals surface area contributed by atoms with Gasteiger partial charge >= 0.3 is 12.1 Å². The first-order valence-corrected chi connectivity index (χ1v) is 5.67. The summed E-state index contributed by atoms with van der Waals surface area (Å²) in [6.45, 7) is 5.34. The molecule has 1 fully saturated rings. The Labute approximate surface area is 99.9 Å². The quantitative estimate of drug-likeness (QED) is 0.683. The van der Waals surface area contributed by atoms with Gasteiger partial charge in [0.05, 0.1) is 19.3 Å². The Kier molecular flexibility index (Phi) is 4.48. The van der Waals surface area contributed by atoms with Crippen molar-refractivity contribution in [2.75, 3.05) is 13.2 Å². The minimum absolute atomic E-state index is 0.00118. The number of carbonyl (C=O) groups excluding carboxylic acids is 3. The zero-order valence-electron chi connectivity index (χ0n) is 10.3. The third kappa shape index (κ3) is 2.75. The van der Waals surface area contributed by atoms with Gasteiger partial charge in [-0.15, -0.1) is 0 Å². The van der Waals surface area contributed by atoms with Crippen molar-refractivity contribution in [2.45, 2.75) is 39.3 Å². The summed E-state index contributed by atoms with van der Waals surface area (Å²) in [5, 5.41) is 0. The van der Waals surface area contributed by atoms with Crippen LogP contribution in [0, 0.1) is 0 Å². The van der Waals surface area contributed by atoms with Crippen LogP contribution in [0.4, 0.5) is 4.79 Å². The van der Waals surface area contributed by atoms with Crippen molar-refractivity contribution >= 4 is 17.8 Å². The highest BCUT2D eigenvalue weighted by Gasteiger charge is 2.45. The van der Waals surface area contributed by atoms with E-state index in [9.17, 15) is 14.4 Å². The Hall–Kier alpha value is -1.59. The van der Waals surface area contributed by atoms with Crippen molar-refractivity contribution in [3.05, 3.63) is 0 Å². The molecule has 0 spiro atoms. The largest absolute Gasteiger partial charge is 0.464 e. The Balaban J connectivity index is 2.84. The van der Waals surface area contributed by atoms with Crippen LogP contribution in [-0.2, 0) is 19.1 Å². The van der Waals surface area contributed by atoms with Gasteiger partial charge in [0, 0.05) is 6.42 Å². The maximum atomic E-state index is 11.7. The number of ketones is 1. The van der Waals surface area contributed by atoms with E-state index in [4.69, 9.17) is 9.47 Å². The molecule has 0 aromatic rings. The molecule has 1 rings (SSSR count). The molecule has 17 heavy (non-hydrogen) atoms. The van der Waals surface area contributed by atoms with E-state index >= 15 is 0 Å². The number of hydrogen-bond donors (Lipinski definition) is 0. The van der Waals surface area contributed by atoms with Gasteiger partial charge in [-0.25, -0.2) is 9.59 Å². The average Bonchev–Trinajstić information content (AvgIpc) is 2.56. The molecule has 6 nitrogen and oxygen atoms in total. The Morgan fingerprint density at radius 1 is 1.29 bits per heavy atom. The fourth-order valence-corrected chi connectivity index (χ4v) is 1.80. The predicted octanol–water partition coefficient (Wildman–Crippen LogP) is 0.738. The number of likely N-dealkylation sites (tertiary alicyclic amines) is 1. The van der Waals surface area contributed by atoms with Crippen molar-refractivity contribution in [1.29, 1.82) is 0 Å². The van der Waals surface area contributed by atoms with Crippen LogP contribution in [0.5, 0.6) is 0 Å². The molecular weight excluding hydrogens is 226 g/mol. The second kappa shape index (κ2) is 5.65. The maximum absolute atomic E-state index is 11.7. The highest BCUT2D eigenvalue weighted by molar-refractivity contribution is 5.97. The molecule has 1 aliphatic heterocycles. The van der Waals surface area contributed by atoms with E-state index in [0.29, 0.717) is 0 Å². The summed E-state index contributed by atoms with van der Waals surface area (Å²) in [5.41, 5.74) is 0. The molecule has 0 unspecified atom stereocenters. The summed E-state index contributed by atoms with van der Waals surface area (Å²) < 4.78 is 9.67. The minimum atomic E-state index is -0.850. The standard InChI is InChI=1S/C11H17NO5/c1-4-16-10(14)8-6-9(13)7(3)12(8)11(15)17-5-2/h7-8H,4-6H2,1-3H3/t7-,8+/m0/s1. The molecule has 0 saturated carbocycles. The van der Waals surface area contributed by atoms with Gasteiger partial charge in [-0.1, -0.05) is 0 Å². The Morgan fingerprint density at radius 3 is 2.41 bits per heavy atom. The molecule has 1 saturated heterocycles. The molecule has 0 aromatic carbocycles. The summed E-state index contributed by atoms with van der Waals surface area (Å²) in [6, 6.07) is -1.49.